The number of nitrogens with zero attached hydrogens (tertiary/aromatic N) is 1. The van der Waals surface area contributed by atoms with Gasteiger partial charge >= 0.3 is 5.97 Å². The number of allylic oxidation sites excluding steroid dienone is 1. The van der Waals surface area contributed by atoms with Crippen molar-refractivity contribution in [2.75, 3.05) is 19.0 Å². The van der Waals surface area contributed by atoms with Crippen LogP contribution >= 0.6 is 12.2 Å². The number of ether oxygens (including phenoxy) is 1. The van der Waals surface area contributed by atoms with Crippen molar-refractivity contribution in [1.29, 1.82) is 0 Å². The molecule has 0 saturated carbocycles. The van der Waals surface area contributed by atoms with Crippen LogP contribution in [-0.2, 0) is 20.7 Å². The van der Waals surface area contributed by atoms with Gasteiger partial charge in [-0.05, 0) is 61.5 Å². The Morgan fingerprint density at radius 1 is 1.23 bits per heavy atom. The topological polar surface area (TPSA) is 70.7 Å². The molecule has 6 nitrogen and oxygen atoms in total. The quantitative estimate of drug-likeness (QED) is 0.526. The van der Waals surface area contributed by atoms with E-state index in [0.29, 0.717) is 28.5 Å². The van der Waals surface area contributed by atoms with Gasteiger partial charge in [-0.1, -0.05) is 24.3 Å². The molecule has 3 rings (SSSR count). The first kappa shape index (κ1) is 22.4. The van der Waals surface area contributed by atoms with E-state index in [0.717, 1.165) is 11.3 Å². The van der Waals surface area contributed by atoms with E-state index in [9.17, 15) is 14.0 Å². The van der Waals surface area contributed by atoms with Crippen LogP contribution in [0.2, 0.25) is 0 Å². The van der Waals surface area contributed by atoms with Crippen LogP contribution in [0.5, 0.6) is 0 Å². The number of carbonyl (C=O) groups excluding carboxylic acids is 2. The Balaban J connectivity index is 1.84. The lowest BCUT2D eigenvalue weighted by Crippen LogP contribution is -2.47. The van der Waals surface area contributed by atoms with Crippen molar-refractivity contribution < 1.29 is 18.7 Å². The molecule has 1 aliphatic heterocycles. The predicted molar refractivity (Wildman–Crippen MR) is 121 cm³/mol. The van der Waals surface area contributed by atoms with Gasteiger partial charge in [-0.15, -0.1) is 0 Å². The molecule has 0 radical (unpaired) electrons. The first-order valence-electron chi connectivity index (χ1n) is 9.85. The van der Waals surface area contributed by atoms with E-state index in [4.69, 9.17) is 17.0 Å². The third kappa shape index (κ3) is 5.08. The van der Waals surface area contributed by atoms with Gasteiger partial charge in [0.25, 0.3) is 0 Å². The van der Waals surface area contributed by atoms with Crippen LogP contribution in [0.1, 0.15) is 31.0 Å². The summed E-state index contributed by atoms with van der Waals surface area (Å²) >= 11 is 5.47. The smallest absolute Gasteiger partial charge is 0.337 e. The number of benzene rings is 2. The highest BCUT2D eigenvalue weighted by atomic mass is 32.1. The summed E-state index contributed by atoms with van der Waals surface area (Å²) in [6.45, 7) is 4.40. The molecule has 1 unspecified atom stereocenters. The molecule has 0 bridgehead atoms. The molecule has 1 heterocycles. The minimum absolute atomic E-state index is 0.119. The molecule has 0 aromatic heterocycles. The third-order valence-corrected chi connectivity index (χ3v) is 5.44. The van der Waals surface area contributed by atoms with Crippen molar-refractivity contribution in [3.8, 4) is 0 Å². The lowest BCUT2D eigenvalue weighted by molar-refractivity contribution is -0.136. The molecule has 1 atom stereocenters. The summed E-state index contributed by atoms with van der Waals surface area (Å²) in [6.07, 6.45) is 0.119. The summed E-state index contributed by atoms with van der Waals surface area (Å²) in [5.74, 6) is -1.02. The van der Waals surface area contributed by atoms with Gasteiger partial charge in [-0.25, -0.2) is 9.18 Å². The maximum absolute atomic E-state index is 13.1. The molecule has 0 aliphatic carbocycles. The van der Waals surface area contributed by atoms with Gasteiger partial charge < -0.3 is 20.3 Å². The number of carbonyl (C=O) groups is 2. The SMILES string of the molecule is CCN1C(=S)NC(c2cccc(NC(=O)Cc3ccc(F)cc3)c2)C(C(=O)OC)=C1C. The van der Waals surface area contributed by atoms with E-state index < -0.39 is 12.0 Å². The predicted octanol–water partition coefficient (Wildman–Crippen LogP) is 3.71. The van der Waals surface area contributed by atoms with Gasteiger partial charge in [-0.3, -0.25) is 4.79 Å². The Morgan fingerprint density at radius 2 is 1.94 bits per heavy atom. The van der Waals surface area contributed by atoms with Crippen LogP contribution in [0, 0.1) is 5.82 Å². The van der Waals surface area contributed by atoms with Crippen LogP contribution in [0.3, 0.4) is 0 Å². The summed E-state index contributed by atoms with van der Waals surface area (Å²) in [4.78, 5) is 26.8. The number of anilines is 1. The lowest BCUT2D eigenvalue weighted by atomic mass is 9.94. The second-order valence-corrected chi connectivity index (χ2v) is 7.48. The largest absolute Gasteiger partial charge is 0.466 e. The summed E-state index contributed by atoms with van der Waals surface area (Å²) < 4.78 is 18.1. The van der Waals surface area contributed by atoms with Crippen LogP contribution < -0.4 is 10.6 Å². The summed E-state index contributed by atoms with van der Waals surface area (Å²) in [7, 11) is 1.34. The van der Waals surface area contributed by atoms with Gasteiger partial charge in [0.2, 0.25) is 5.91 Å². The van der Waals surface area contributed by atoms with Crippen LogP contribution in [0.4, 0.5) is 10.1 Å². The number of thiocarbonyl (C=S) groups is 1. The molecule has 8 heteroatoms. The van der Waals surface area contributed by atoms with E-state index in [1.54, 1.807) is 30.3 Å². The van der Waals surface area contributed by atoms with Gasteiger partial charge in [0.15, 0.2) is 5.11 Å². The molecule has 0 fully saturated rings. The van der Waals surface area contributed by atoms with Gasteiger partial charge in [0.1, 0.15) is 5.82 Å². The molecule has 1 aliphatic rings. The van der Waals surface area contributed by atoms with Crippen molar-refractivity contribution >= 4 is 34.9 Å². The monoisotopic (exact) mass is 441 g/mol. The lowest BCUT2D eigenvalue weighted by Gasteiger charge is -2.37. The van der Waals surface area contributed by atoms with Crippen molar-refractivity contribution in [2.24, 2.45) is 0 Å². The Labute approximate surface area is 186 Å². The maximum atomic E-state index is 13.1. The van der Waals surface area contributed by atoms with Crippen molar-refractivity contribution in [3.05, 3.63) is 76.7 Å². The fourth-order valence-corrected chi connectivity index (χ4v) is 3.96. The Bertz CT molecular complexity index is 1040. The zero-order valence-electron chi connectivity index (χ0n) is 17.6. The Morgan fingerprint density at radius 3 is 2.58 bits per heavy atom. The highest BCUT2D eigenvalue weighted by Crippen LogP contribution is 2.32. The Hall–Kier alpha value is -3.26. The average Bonchev–Trinajstić information content (AvgIpc) is 2.75. The summed E-state index contributed by atoms with van der Waals surface area (Å²) in [5.41, 5.74) is 3.25. The molecule has 2 aromatic rings. The molecule has 1 amide bonds. The van der Waals surface area contributed by atoms with Crippen LogP contribution in [0.15, 0.2) is 59.8 Å². The molecule has 0 spiro atoms. The first-order chi connectivity index (χ1) is 14.8. The molecule has 162 valence electrons. The van der Waals surface area contributed by atoms with Gasteiger partial charge in [0, 0.05) is 17.9 Å². The van der Waals surface area contributed by atoms with Crippen molar-refractivity contribution in [1.82, 2.24) is 10.2 Å². The van der Waals surface area contributed by atoms with E-state index >= 15 is 0 Å². The molecule has 2 N–H and O–H groups in total. The maximum Gasteiger partial charge on any atom is 0.337 e. The number of halogens is 1. The van der Waals surface area contributed by atoms with Crippen molar-refractivity contribution in [2.45, 2.75) is 26.3 Å². The second-order valence-electron chi connectivity index (χ2n) is 7.09. The van der Waals surface area contributed by atoms with Gasteiger partial charge in [-0.2, -0.15) is 0 Å². The van der Waals surface area contributed by atoms with E-state index in [1.807, 2.05) is 24.8 Å². The van der Waals surface area contributed by atoms with E-state index in [2.05, 4.69) is 10.6 Å². The van der Waals surface area contributed by atoms with E-state index in [-0.39, 0.29) is 18.1 Å². The molecule has 2 aromatic carbocycles. The van der Waals surface area contributed by atoms with Crippen LogP contribution in [0.25, 0.3) is 0 Å². The van der Waals surface area contributed by atoms with Crippen molar-refractivity contribution in [3.63, 3.8) is 0 Å². The summed E-state index contributed by atoms with van der Waals surface area (Å²) in [5, 5.41) is 6.57. The van der Waals surface area contributed by atoms with Crippen LogP contribution in [-0.4, -0.2) is 35.5 Å². The fraction of sp³-hybridized carbons (Fsp3) is 0.261. The fourth-order valence-electron chi connectivity index (χ4n) is 3.58. The van der Waals surface area contributed by atoms with E-state index in [1.165, 1.54) is 19.2 Å². The number of esters is 1. The minimum Gasteiger partial charge on any atom is -0.466 e. The molecular weight excluding hydrogens is 417 g/mol. The summed E-state index contributed by atoms with van der Waals surface area (Å²) in [6, 6.07) is 12.5. The molecular formula is C23H24FN3O3S. The Kier molecular flexibility index (Phi) is 7.02. The number of hydrogen-bond donors (Lipinski definition) is 2. The zero-order chi connectivity index (χ0) is 22.5. The number of nitrogens with one attached hydrogen (secondary N) is 2. The number of rotatable bonds is 6. The molecule has 0 saturated heterocycles. The average molecular weight is 442 g/mol. The van der Waals surface area contributed by atoms with Gasteiger partial charge in [0.05, 0.1) is 25.1 Å². The highest BCUT2D eigenvalue weighted by molar-refractivity contribution is 7.80. The number of amides is 1. The number of methoxy groups -OCH3 is 1. The third-order valence-electron chi connectivity index (χ3n) is 5.10. The normalized spacial score (nSPS) is 16.1. The first-order valence-corrected chi connectivity index (χ1v) is 10.3. The molecule has 31 heavy (non-hydrogen) atoms. The minimum atomic E-state index is -0.503. The standard InChI is InChI=1S/C23H24FN3O3S/c1-4-27-14(2)20(22(29)30-3)21(26-23(27)31)16-6-5-7-18(13-16)25-19(28)12-15-8-10-17(24)11-9-15/h5-11,13,21H,4,12H2,1-3H3,(H,25,28)(H,26,31). The number of hydrogen-bond acceptors (Lipinski definition) is 4. The zero-order valence-corrected chi connectivity index (χ0v) is 18.4. The second kappa shape index (κ2) is 9.70. The highest BCUT2D eigenvalue weighted by Gasteiger charge is 2.34.